The molecule has 0 unspecified atom stereocenters. The fourth-order valence-electron chi connectivity index (χ4n) is 1.85. The number of nitrogens with zero attached hydrogens (tertiary/aromatic N) is 1. The molecule has 0 bridgehead atoms. The Bertz CT molecular complexity index is 637. The second kappa shape index (κ2) is 6.65. The lowest BCUT2D eigenvalue weighted by atomic mass is 10.1. The molecule has 2 aromatic rings. The summed E-state index contributed by atoms with van der Waals surface area (Å²) < 4.78 is 0. The first kappa shape index (κ1) is 15.4. The minimum Gasteiger partial charge on any atom is -0.399 e. The van der Waals surface area contributed by atoms with Crippen LogP contribution in [0.15, 0.2) is 36.4 Å². The number of non-ortho nitro benzene ring substituents is 1. The van der Waals surface area contributed by atoms with Gasteiger partial charge >= 0.3 is 0 Å². The zero-order valence-corrected chi connectivity index (χ0v) is 12.5. The molecule has 5 nitrogen and oxygen atoms in total. The van der Waals surface area contributed by atoms with Crippen molar-refractivity contribution in [3.63, 3.8) is 0 Å². The Morgan fingerprint density at radius 2 is 1.71 bits per heavy atom. The maximum Gasteiger partial charge on any atom is 0.272 e. The van der Waals surface area contributed by atoms with Crippen LogP contribution in [0.4, 0.5) is 17.1 Å². The van der Waals surface area contributed by atoms with Gasteiger partial charge in [0.05, 0.1) is 20.7 Å². The Hall–Kier alpha value is -1.98. The molecule has 0 radical (unpaired) electrons. The highest BCUT2D eigenvalue weighted by atomic mass is 35.5. The average Bonchev–Trinajstić information content (AvgIpc) is 2.43. The summed E-state index contributed by atoms with van der Waals surface area (Å²) in [6, 6.07) is 10.1. The number of halogens is 2. The molecule has 7 heteroatoms. The number of hydrogen-bond donors (Lipinski definition) is 2. The summed E-state index contributed by atoms with van der Waals surface area (Å²) in [7, 11) is 0. The molecule has 0 spiro atoms. The van der Waals surface area contributed by atoms with Crippen LogP contribution in [-0.4, -0.2) is 11.5 Å². The fraction of sp³-hybridized carbons (Fsp3) is 0.143. The summed E-state index contributed by atoms with van der Waals surface area (Å²) in [6.45, 7) is 0.598. The number of nitrogens with two attached hydrogens (primary N) is 1. The van der Waals surface area contributed by atoms with E-state index in [1.54, 1.807) is 0 Å². The van der Waals surface area contributed by atoms with Crippen LogP contribution in [0.5, 0.6) is 0 Å². The zero-order valence-electron chi connectivity index (χ0n) is 11.0. The SMILES string of the molecule is Nc1ccc(CCNc2c(Cl)cc([N+](=O)[O-])cc2Cl)cc1. The molecule has 3 N–H and O–H groups in total. The number of nitrogen functional groups attached to an aromatic ring is 1. The van der Waals surface area contributed by atoms with Gasteiger partial charge in [-0.2, -0.15) is 0 Å². The summed E-state index contributed by atoms with van der Waals surface area (Å²) in [5.41, 5.74) is 7.82. The van der Waals surface area contributed by atoms with E-state index >= 15 is 0 Å². The van der Waals surface area contributed by atoms with E-state index in [0.717, 1.165) is 12.0 Å². The van der Waals surface area contributed by atoms with E-state index in [1.165, 1.54) is 12.1 Å². The van der Waals surface area contributed by atoms with E-state index in [4.69, 9.17) is 28.9 Å². The molecule has 0 heterocycles. The van der Waals surface area contributed by atoms with Crippen LogP contribution >= 0.6 is 23.2 Å². The average molecular weight is 326 g/mol. The quantitative estimate of drug-likeness (QED) is 0.491. The third-order valence-corrected chi connectivity index (χ3v) is 3.53. The van der Waals surface area contributed by atoms with Gasteiger partial charge in [-0.1, -0.05) is 35.3 Å². The molecular weight excluding hydrogens is 313 g/mol. The standard InChI is InChI=1S/C14H13Cl2N3O2/c15-12-7-11(19(20)21)8-13(16)14(12)18-6-5-9-1-3-10(17)4-2-9/h1-4,7-8,18H,5-6,17H2. The topological polar surface area (TPSA) is 81.2 Å². The van der Waals surface area contributed by atoms with Gasteiger partial charge < -0.3 is 11.1 Å². The minimum atomic E-state index is -0.532. The number of nitrogens with one attached hydrogen (secondary N) is 1. The lowest BCUT2D eigenvalue weighted by Gasteiger charge is -2.10. The van der Waals surface area contributed by atoms with Crippen LogP contribution in [0.1, 0.15) is 5.56 Å². The van der Waals surface area contributed by atoms with Gasteiger partial charge in [-0.3, -0.25) is 10.1 Å². The first-order valence-corrected chi connectivity index (χ1v) is 6.94. The summed E-state index contributed by atoms with van der Waals surface area (Å²) >= 11 is 12.0. The molecule has 0 saturated carbocycles. The van der Waals surface area contributed by atoms with Crippen molar-refractivity contribution in [3.8, 4) is 0 Å². The van der Waals surface area contributed by atoms with Crippen molar-refractivity contribution in [3.05, 3.63) is 62.1 Å². The smallest absolute Gasteiger partial charge is 0.272 e. The predicted molar refractivity (Wildman–Crippen MR) is 86.2 cm³/mol. The number of rotatable bonds is 5. The Balaban J connectivity index is 2.03. The van der Waals surface area contributed by atoms with Gasteiger partial charge in [-0.25, -0.2) is 0 Å². The number of anilines is 2. The fourth-order valence-corrected chi connectivity index (χ4v) is 2.46. The summed E-state index contributed by atoms with van der Waals surface area (Å²) in [5.74, 6) is 0. The molecule has 110 valence electrons. The second-order valence-electron chi connectivity index (χ2n) is 4.46. The van der Waals surface area contributed by atoms with Crippen molar-refractivity contribution < 1.29 is 4.92 Å². The molecule has 21 heavy (non-hydrogen) atoms. The van der Waals surface area contributed by atoms with Crippen LogP contribution in [0.25, 0.3) is 0 Å². The summed E-state index contributed by atoms with van der Waals surface area (Å²) in [4.78, 5) is 10.2. The van der Waals surface area contributed by atoms with E-state index in [9.17, 15) is 10.1 Å². The molecule has 0 aliphatic rings. The van der Waals surface area contributed by atoms with Crippen molar-refractivity contribution in [2.75, 3.05) is 17.6 Å². The van der Waals surface area contributed by atoms with E-state index in [0.29, 0.717) is 17.9 Å². The monoisotopic (exact) mass is 325 g/mol. The van der Waals surface area contributed by atoms with E-state index < -0.39 is 4.92 Å². The molecule has 0 aliphatic carbocycles. The van der Waals surface area contributed by atoms with Gasteiger partial charge in [0.1, 0.15) is 0 Å². The Kier molecular flexibility index (Phi) is 4.88. The van der Waals surface area contributed by atoms with E-state index in [1.807, 2.05) is 24.3 Å². The van der Waals surface area contributed by atoms with Gasteiger partial charge in [0, 0.05) is 24.4 Å². The first-order valence-electron chi connectivity index (χ1n) is 6.19. The Morgan fingerprint density at radius 3 is 2.24 bits per heavy atom. The molecule has 0 fully saturated rings. The summed E-state index contributed by atoms with van der Waals surface area (Å²) in [5, 5.41) is 14.3. The van der Waals surface area contributed by atoms with Crippen LogP contribution in [0, 0.1) is 10.1 Å². The molecular formula is C14H13Cl2N3O2. The van der Waals surface area contributed by atoms with Crippen LogP contribution < -0.4 is 11.1 Å². The van der Waals surface area contributed by atoms with Crippen molar-refractivity contribution in [1.82, 2.24) is 0 Å². The van der Waals surface area contributed by atoms with E-state index in [-0.39, 0.29) is 15.7 Å². The molecule has 0 aliphatic heterocycles. The van der Waals surface area contributed by atoms with Gasteiger partial charge in [-0.15, -0.1) is 0 Å². The largest absolute Gasteiger partial charge is 0.399 e. The van der Waals surface area contributed by atoms with Crippen molar-refractivity contribution in [2.24, 2.45) is 0 Å². The lowest BCUT2D eigenvalue weighted by molar-refractivity contribution is -0.384. The van der Waals surface area contributed by atoms with Crippen LogP contribution in [0.2, 0.25) is 10.0 Å². The normalized spacial score (nSPS) is 10.4. The molecule has 2 aromatic carbocycles. The number of benzene rings is 2. The van der Waals surface area contributed by atoms with Gasteiger partial charge in [-0.05, 0) is 24.1 Å². The predicted octanol–water partition coefficient (Wildman–Crippen LogP) is 4.14. The Labute approximate surface area is 131 Å². The lowest BCUT2D eigenvalue weighted by Crippen LogP contribution is -2.06. The second-order valence-corrected chi connectivity index (χ2v) is 5.27. The van der Waals surface area contributed by atoms with Crippen molar-refractivity contribution in [2.45, 2.75) is 6.42 Å². The number of hydrogen-bond acceptors (Lipinski definition) is 4. The van der Waals surface area contributed by atoms with Gasteiger partial charge in [0.25, 0.3) is 5.69 Å². The third kappa shape index (κ3) is 4.00. The minimum absolute atomic E-state index is 0.130. The molecule has 0 amide bonds. The highest BCUT2D eigenvalue weighted by molar-refractivity contribution is 6.39. The highest BCUT2D eigenvalue weighted by Gasteiger charge is 2.14. The van der Waals surface area contributed by atoms with Crippen molar-refractivity contribution in [1.29, 1.82) is 0 Å². The number of nitro groups is 1. The summed E-state index contributed by atoms with van der Waals surface area (Å²) in [6.07, 6.45) is 0.754. The molecule has 0 aromatic heterocycles. The van der Waals surface area contributed by atoms with E-state index in [2.05, 4.69) is 5.32 Å². The molecule has 0 saturated heterocycles. The first-order chi connectivity index (χ1) is 9.97. The number of nitro benzene ring substituents is 1. The van der Waals surface area contributed by atoms with Crippen LogP contribution in [-0.2, 0) is 6.42 Å². The van der Waals surface area contributed by atoms with Crippen LogP contribution in [0.3, 0.4) is 0 Å². The van der Waals surface area contributed by atoms with Gasteiger partial charge in [0.2, 0.25) is 0 Å². The maximum atomic E-state index is 10.7. The zero-order chi connectivity index (χ0) is 15.4. The molecule has 2 rings (SSSR count). The molecule has 0 atom stereocenters. The highest BCUT2D eigenvalue weighted by Crippen LogP contribution is 2.34. The third-order valence-electron chi connectivity index (χ3n) is 2.93. The maximum absolute atomic E-state index is 10.7. The Morgan fingerprint density at radius 1 is 1.14 bits per heavy atom. The van der Waals surface area contributed by atoms with Gasteiger partial charge in [0.15, 0.2) is 0 Å². The van der Waals surface area contributed by atoms with Crippen molar-refractivity contribution >= 4 is 40.3 Å².